The van der Waals surface area contributed by atoms with Gasteiger partial charge in [-0.25, -0.2) is 0 Å². The largest absolute Gasteiger partial charge is 0.0593 e. The first-order valence-corrected chi connectivity index (χ1v) is 5.13. The van der Waals surface area contributed by atoms with Crippen LogP contribution in [0.1, 0.15) is 39.0 Å². The molecule has 0 N–H and O–H groups in total. The van der Waals surface area contributed by atoms with Crippen LogP contribution in [0.4, 0.5) is 0 Å². The van der Waals surface area contributed by atoms with E-state index in [1.54, 1.807) is 12.8 Å². The molecule has 0 heterocycles. The van der Waals surface area contributed by atoms with Crippen molar-refractivity contribution in [2.24, 2.45) is 23.2 Å². The van der Waals surface area contributed by atoms with Crippen molar-refractivity contribution in [3.8, 4) is 0 Å². The second kappa shape index (κ2) is 1.84. The molecule has 61 valence electrons. The molecule has 0 spiro atoms. The highest BCUT2D eigenvalue weighted by atomic mass is 14.6. The summed E-state index contributed by atoms with van der Waals surface area (Å²) in [5.74, 6) is 3.28. The normalized spacial score (nSPS) is 60.3. The summed E-state index contributed by atoms with van der Waals surface area (Å²) in [7, 11) is 0. The van der Waals surface area contributed by atoms with Gasteiger partial charge in [0.05, 0.1) is 0 Å². The van der Waals surface area contributed by atoms with Crippen LogP contribution in [0.25, 0.3) is 0 Å². The highest BCUT2D eigenvalue weighted by Crippen LogP contribution is 2.64. The summed E-state index contributed by atoms with van der Waals surface area (Å²) in [6, 6.07) is 0. The third kappa shape index (κ3) is 0.666. The minimum absolute atomic E-state index is 0.756. The van der Waals surface area contributed by atoms with E-state index in [-0.39, 0.29) is 0 Å². The molecule has 0 aromatic rings. The van der Waals surface area contributed by atoms with Gasteiger partial charge in [0.1, 0.15) is 0 Å². The minimum Gasteiger partial charge on any atom is -0.0593 e. The zero-order valence-electron chi connectivity index (χ0n) is 7.34. The molecular weight excluding hydrogens is 132 g/mol. The molecule has 0 aliphatic heterocycles. The van der Waals surface area contributed by atoms with Crippen LogP contribution in [0.2, 0.25) is 0 Å². The summed E-state index contributed by atoms with van der Waals surface area (Å²) in [6.07, 6.45) is 10.2. The smallest absolute Gasteiger partial charge is 0.0289 e. The summed E-state index contributed by atoms with van der Waals surface area (Å²) < 4.78 is 0. The van der Waals surface area contributed by atoms with Gasteiger partial charge in [0.25, 0.3) is 0 Å². The van der Waals surface area contributed by atoms with E-state index in [1.165, 1.54) is 19.3 Å². The Morgan fingerprint density at radius 3 is 3.09 bits per heavy atom. The van der Waals surface area contributed by atoms with Crippen LogP contribution < -0.4 is 0 Å². The molecule has 4 atom stereocenters. The van der Waals surface area contributed by atoms with Gasteiger partial charge in [-0.05, 0) is 55.3 Å². The molecule has 2 bridgehead atoms. The summed E-state index contributed by atoms with van der Waals surface area (Å²) in [5, 5.41) is 0. The van der Waals surface area contributed by atoms with Gasteiger partial charge < -0.3 is 0 Å². The van der Waals surface area contributed by atoms with Gasteiger partial charge in [-0.3, -0.25) is 0 Å². The Kier molecular flexibility index (Phi) is 1.09. The molecular formula is C11H17. The Hall–Kier alpha value is 0. The topological polar surface area (TPSA) is 0 Å². The number of hydrogen-bond acceptors (Lipinski definition) is 0. The number of fused-ring (bicyclic) bond motifs is 5. The first-order valence-electron chi connectivity index (χ1n) is 5.13. The van der Waals surface area contributed by atoms with Crippen molar-refractivity contribution in [3.05, 3.63) is 6.42 Å². The van der Waals surface area contributed by atoms with Gasteiger partial charge in [0.2, 0.25) is 0 Å². The van der Waals surface area contributed by atoms with Crippen LogP contribution in [0.15, 0.2) is 0 Å². The van der Waals surface area contributed by atoms with E-state index in [9.17, 15) is 0 Å². The molecule has 3 aliphatic rings. The predicted octanol–water partition coefficient (Wildman–Crippen LogP) is 3.04. The molecule has 3 aliphatic carbocycles. The van der Waals surface area contributed by atoms with Crippen LogP contribution in [0.3, 0.4) is 0 Å². The standard InChI is InChI=1S/C11H17/c1-11-6-5-8(7-11)9-3-2-4-10(9)11/h5,8-10H,2-4,6-7H2,1H3. The van der Waals surface area contributed by atoms with Crippen LogP contribution in [-0.4, -0.2) is 0 Å². The van der Waals surface area contributed by atoms with Crippen molar-refractivity contribution in [2.75, 3.05) is 0 Å². The minimum atomic E-state index is 0.756. The average molecular weight is 149 g/mol. The SMILES string of the molecule is CC12C[CH]C(C1)C1CCCC12. The van der Waals surface area contributed by atoms with E-state index in [2.05, 4.69) is 13.3 Å². The van der Waals surface area contributed by atoms with Crippen molar-refractivity contribution in [1.29, 1.82) is 0 Å². The van der Waals surface area contributed by atoms with Crippen molar-refractivity contribution in [1.82, 2.24) is 0 Å². The Morgan fingerprint density at radius 1 is 1.36 bits per heavy atom. The zero-order chi connectivity index (χ0) is 7.47. The molecule has 0 aromatic heterocycles. The zero-order valence-corrected chi connectivity index (χ0v) is 7.34. The molecule has 3 saturated carbocycles. The van der Waals surface area contributed by atoms with Crippen molar-refractivity contribution < 1.29 is 0 Å². The first kappa shape index (κ1) is 6.51. The molecule has 1 radical (unpaired) electrons. The predicted molar refractivity (Wildman–Crippen MR) is 46.0 cm³/mol. The van der Waals surface area contributed by atoms with Crippen LogP contribution in [-0.2, 0) is 0 Å². The molecule has 3 fully saturated rings. The summed E-state index contributed by atoms with van der Waals surface area (Å²) in [5.41, 5.74) is 0.756. The first-order chi connectivity index (χ1) is 5.30. The van der Waals surface area contributed by atoms with Crippen LogP contribution in [0, 0.1) is 29.6 Å². The summed E-state index contributed by atoms with van der Waals surface area (Å²) >= 11 is 0. The fraction of sp³-hybridized carbons (Fsp3) is 0.909. The molecule has 4 unspecified atom stereocenters. The second-order valence-corrected chi connectivity index (χ2v) is 5.16. The lowest BCUT2D eigenvalue weighted by atomic mass is 9.73. The fourth-order valence-electron chi connectivity index (χ4n) is 4.12. The van der Waals surface area contributed by atoms with Gasteiger partial charge in [-0.15, -0.1) is 0 Å². The lowest BCUT2D eigenvalue weighted by Gasteiger charge is -2.32. The van der Waals surface area contributed by atoms with Gasteiger partial charge >= 0.3 is 0 Å². The van der Waals surface area contributed by atoms with E-state index in [4.69, 9.17) is 0 Å². The van der Waals surface area contributed by atoms with Crippen LogP contribution in [0.5, 0.6) is 0 Å². The van der Waals surface area contributed by atoms with Gasteiger partial charge in [0.15, 0.2) is 0 Å². The van der Waals surface area contributed by atoms with E-state index < -0.39 is 0 Å². The highest BCUT2D eigenvalue weighted by molar-refractivity contribution is 5.12. The molecule has 0 aromatic carbocycles. The maximum absolute atomic E-state index is 2.62. The Morgan fingerprint density at radius 2 is 2.27 bits per heavy atom. The van der Waals surface area contributed by atoms with E-state index in [0.29, 0.717) is 0 Å². The molecule has 0 saturated heterocycles. The third-order valence-corrected chi connectivity index (χ3v) is 4.60. The van der Waals surface area contributed by atoms with Gasteiger partial charge in [-0.2, -0.15) is 0 Å². The lowest BCUT2D eigenvalue weighted by Crippen LogP contribution is -2.24. The molecule has 0 amide bonds. The Bertz CT molecular complexity index is 184. The second-order valence-electron chi connectivity index (χ2n) is 5.16. The van der Waals surface area contributed by atoms with Crippen molar-refractivity contribution >= 4 is 0 Å². The van der Waals surface area contributed by atoms with Crippen molar-refractivity contribution in [2.45, 2.75) is 39.0 Å². The monoisotopic (exact) mass is 149 g/mol. The van der Waals surface area contributed by atoms with E-state index in [0.717, 1.165) is 23.2 Å². The third-order valence-electron chi connectivity index (χ3n) is 4.60. The Labute approximate surface area is 69.4 Å². The molecule has 3 rings (SSSR count). The van der Waals surface area contributed by atoms with Crippen molar-refractivity contribution in [3.63, 3.8) is 0 Å². The maximum atomic E-state index is 2.62. The summed E-state index contributed by atoms with van der Waals surface area (Å²) in [4.78, 5) is 0. The summed E-state index contributed by atoms with van der Waals surface area (Å²) in [6.45, 7) is 2.53. The van der Waals surface area contributed by atoms with Gasteiger partial charge in [0, 0.05) is 0 Å². The average Bonchev–Trinajstić information content (AvgIpc) is 2.53. The fourth-order valence-corrected chi connectivity index (χ4v) is 4.12. The Balaban J connectivity index is 1.98. The number of rotatable bonds is 0. The molecule has 0 heteroatoms. The van der Waals surface area contributed by atoms with E-state index >= 15 is 0 Å². The van der Waals surface area contributed by atoms with Gasteiger partial charge in [-0.1, -0.05) is 13.3 Å². The molecule has 0 nitrogen and oxygen atoms in total. The quantitative estimate of drug-likeness (QED) is 0.496. The van der Waals surface area contributed by atoms with E-state index in [1.807, 2.05) is 0 Å². The maximum Gasteiger partial charge on any atom is -0.0289 e. The number of hydrogen-bond donors (Lipinski definition) is 0. The van der Waals surface area contributed by atoms with Crippen LogP contribution >= 0.6 is 0 Å². The highest BCUT2D eigenvalue weighted by Gasteiger charge is 2.55. The molecule has 11 heavy (non-hydrogen) atoms. The lowest BCUT2D eigenvalue weighted by molar-refractivity contribution is 0.199.